The highest BCUT2D eigenvalue weighted by Gasteiger charge is 2.14. The van der Waals surface area contributed by atoms with Gasteiger partial charge in [-0.3, -0.25) is 4.79 Å². The molecule has 3 heteroatoms. The zero-order chi connectivity index (χ0) is 10.8. The van der Waals surface area contributed by atoms with Crippen molar-refractivity contribution in [2.45, 2.75) is 33.1 Å². The predicted octanol–water partition coefficient (Wildman–Crippen LogP) is 0.891. The summed E-state index contributed by atoms with van der Waals surface area (Å²) >= 11 is 0. The van der Waals surface area contributed by atoms with Crippen molar-refractivity contribution in [2.75, 3.05) is 13.1 Å². The van der Waals surface area contributed by atoms with E-state index in [2.05, 4.69) is 24.1 Å². The van der Waals surface area contributed by atoms with Crippen molar-refractivity contribution in [3.05, 3.63) is 0 Å². The SMILES string of the molecule is CC#CCCNC(=O)C(CN)CCC. The van der Waals surface area contributed by atoms with E-state index in [1.165, 1.54) is 0 Å². The van der Waals surface area contributed by atoms with Crippen molar-refractivity contribution in [1.29, 1.82) is 0 Å². The Morgan fingerprint density at radius 3 is 2.79 bits per heavy atom. The summed E-state index contributed by atoms with van der Waals surface area (Å²) in [5.41, 5.74) is 5.50. The van der Waals surface area contributed by atoms with Gasteiger partial charge in [0.1, 0.15) is 0 Å². The highest BCUT2D eigenvalue weighted by molar-refractivity contribution is 5.78. The minimum absolute atomic E-state index is 0.0328. The zero-order valence-electron chi connectivity index (χ0n) is 9.10. The number of carbonyl (C=O) groups is 1. The summed E-state index contributed by atoms with van der Waals surface area (Å²) in [6, 6.07) is 0. The molecule has 0 aromatic heterocycles. The molecule has 1 amide bonds. The van der Waals surface area contributed by atoms with Crippen LogP contribution in [-0.4, -0.2) is 19.0 Å². The summed E-state index contributed by atoms with van der Waals surface area (Å²) < 4.78 is 0. The fraction of sp³-hybridized carbons (Fsp3) is 0.727. The van der Waals surface area contributed by atoms with Gasteiger partial charge in [0.05, 0.1) is 5.92 Å². The third kappa shape index (κ3) is 5.60. The van der Waals surface area contributed by atoms with Crippen molar-refractivity contribution in [1.82, 2.24) is 5.32 Å². The Hall–Kier alpha value is -1.01. The van der Waals surface area contributed by atoms with Crippen LogP contribution in [0.15, 0.2) is 0 Å². The number of nitrogens with one attached hydrogen (secondary N) is 1. The molecule has 0 aromatic carbocycles. The Kier molecular flexibility index (Phi) is 7.96. The van der Waals surface area contributed by atoms with Crippen LogP contribution < -0.4 is 11.1 Å². The van der Waals surface area contributed by atoms with E-state index in [4.69, 9.17) is 5.73 Å². The van der Waals surface area contributed by atoms with Crippen LogP contribution in [0.5, 0.6) is 0 Å². The van der Waals surface area contributed by atoms with Gasteiger partial charge in [0.15, 0.2) is 0 Å². The standard InChI is InChI=1S/C11H20N2O/c1-3-5-6-8-13-11(14)10(9-12)7-4-2/h10H,4,6-9,12H2,1-2H3,(H,13,14). The quantitative estimate of drug-likeness (QED) is 0.489. The first-order valence-electron chi connectivity index (χ1n) is 5.13. The van der Waals surface area contributed by atoms with Crippen LogP contribution in [-0.2, 0) is 4.79 Å². The molecule has 0 aliphatic heterocycles. The molecule has 0 aliphatic carbocycles. The molecule has 1 unspecified atom stereocenters. The molecule has 0 saturated heterocycles. The van der Waals surface area contributed by atoms with Crippen LogP contribution in [0.2, 0.25) is 0 Å². The molecule has 0 rings (SSSR count). The Bertz CT molecular complexity index is 215. The summed E-state index contributed by atoms with van der Waals surface area (Å²) in [5.74, 6) is 5.71. The summed E-state index contributed by atoms with van der Waals surface area (Å²) in [6.45, 7) is 4.90. The van der Waals surface area contributed by atoms with Gasteiger partial charge >= 0.3 is 0 Å². The first-order valence-corrected chi connectivity index (χ1v) is 5.13. The smallest absolute Gasteiger partial charge is 0.224 e. The van der Waals surface area contributed by atoms with Gasteiger partial charge in [-0.05, 0) is 13.3 Å². The average molecular weight is 196 g/mol. The fourth-order valence-corrected chi connectivity index (χ4v) is 1.22. The maximum absolute atomic E-state index is 11.5. The van der Waals surface area contributed by atoms with Crippen LogP contribution in [0.1, 0.15) is 33.1 Å². The van der Waals surface area contributed by atoms with E-state index in [0.717, 1.165) is 12.8 Å². The lowest BCUT2D eigenvalue weighted by molar-refractivity contribution is -0.124. The molecule has 0 aromatic rings. The van der Waals surface area contributed by atoms with Gasteiger partial charge in [-0.2, -0.15) is 0 Å². The number of nitrogens with two attached hydrogens (primary N) is 1. The highest BCUT2D eigenvalue weighted by Crippen LogP contribution is 2.03. The summed E-state index contributed by atoms with van der Waals surface area (Å²) in [7, 11) is 0. The van der Waals surface area contributed by atoms with Crippen LogP contribution in [0.25, 0.3) is 0 Å². The van der Waals surface area contributed by atoms with Crippen molar-refractivity contribution < 1.29 is 4.79 Å². The lowest BCUT2D eigenvalue weighted by Gasteiger charge is -2.12. The van der Waals surface area contributed by atoms with E-state index in [0.29, 0.717) is 19.5 Å². The maximum atomic E-state index is 11.5. The van der Waals surface area contributed by atoms with Crippen LogP contribution in [0.4, 0.5) is 0 Å². The second-order valence-corrected chi connectivity index (χ2v) is 3.19. The number of rotatable bonds is 6. The number of carbonyl (C=O) groups excluding carboxylic acids is 1. The molecule has 0 heterocycles. The largest absolute Gasteiger partial charge is 0.355 e. The maximum Gasteiger partial charge on any atom is 0.224 e. The molecular formula is C11H20N2O. The fourth-order valence-electron chi connectivity index (χ4n) is 1.22. The first kappa shape index (κ1) is 13.0. The average Bonchev–Trinajstić information content (AvgIpc) is 2.20. The second kappa shape index (κ2) is 8.58. The van der Waals surface area contributed by atoms with E-state index in [9.17, 15) is 4.79 Å². The molecule has 3 nitrogen and oxygen atoms in total. The van der Waals surface area contributed by atoms with Crippen LogP contribution >= 0.6 is 0 Å². The predicted molar refractivity (Wildman–Crippen MR) is 58.5 cm³/mol. The van der Waals surface area contributed by atoms with E-state index >= 15 is 0 Å². The molecule has 3 N–H and O–H groups in total. The summed E-state index contributed by atoms with van der Waals surface area (Å²) in [5, 5.41) is 2.83. The Balaban J connectivity index is 3.72. The monoisotopic (exact) mass is 196 g/mol. The van der Waals surface area contributed by atoms with Crippen molar-refractivity contribution in [3.8, 4) is 11.8 Å². The molecular weight excluding hydrogens is 176 g/mol. The third-order valence-corrected chi connectivity index (χ3v) is 2.02. The molecule has 0 spiro atoms. The van der Waals surface area contributed by atoms with Gasteiger partial charge in [0.25, 0.3) is 0 Å². The van der Waals surface area contributed by atoms with Crippen molar-refractivity contribution in [2.24, 2.45) is 11.7 Å². The van der Waals surface area contributed by atoms with Gasteiger partial charge in [0, 0.05) is 19.5 Å². The van der Waals surface area contributed by atoms with Crippen molar-refractivity contribution in [3.63, 3.8) is 0 Å². The van der Waals surface area contributed by atoms with Gasteiger partial charge in [-0.25, -0.2) is 0 Å². The van der Waals surface area contributed by atoms with Crippen LogP contribution in [0, 0.1) is 17.8 Å². The second-order valence-electron chi connectivity index (χ2n) is 3.19. The molecule has 0 radical (unpaired) electrons. The van der Waals surface area contributed by atoms with E-state index in [1.54, 1.807) is 6.92 Å². The molecule has 0 fully saturated rings. The van der Waals surface area contributed by atoms with Gasteiger partial charge < -0.3 is 11.1 Å². The molecule has 80 valence electrons. The number of amides is 1. The van der Waals surface area contributed by atoms with Gasteiger partial charge in [-0.1, -0.05) is 13.3 Å². The molecule has 14 heavy (non-hydrogen) atoms. The topological polar surface area (TPSA) is 55.1 Å². The highest BCUT2D eigenvalue weighted by atomic mass is 16.1. The Morgan fingerprint density at radius 1 is 1.57 bits per heavy atom. The Labute approximate surface area is 86.4 Å². The normalized spacial score (nSPS) is 11.4. The molecule has 1 atom stereocenters. The number of hydrogen-bond donors (Lipinski definition) is 2. The van der Waals surface area contributed by atoms with E-state index in [1.807, 2.05) is 0 Å². The van der Waals surface area contributed by atoms with Crippen molar-refractivity contribution >= 4 is 5.91 Å². The summed E-state index contributed by atoms with van der Waals surface area (Å²) in [6.07, 6.45) is 2.57. The van der Waals surface area contributed by atoms with Gasteiger partial charge in [0.2, 0.25) is 5.91 Å². The van der Waals surface area contributed by atoms with E-state index in [-0.39, 0.29) is 11.8 Å². The molecule has 0 bridgehead atoms. The van der Waals surface area contributed by atoms with E-state index < -0.39 is 0 Å². The minimum Gasteiger partial charge on any atom is -0.355 e. The third-order valence-electron chi connectivity index (χ3n) is 2.02. The summed E-state index contributed by atoms with van der Waals surface area (Å²) in [4.78, 5) is 11.5. The zero-order valence-corrected chi connectivity index (χ0v) is 9.10. The molecule has 0 saturated carbocycles. The minimum atomic E-state index is -0.0328. The first-order chi connectivity index (χ1) is 6.76. The number of hydrogen-bond acceptors (Lipinski definition) is 2. The van der Waals surface area contributed by atoms with Crippen LogP contribution in [0.3, 0.4) is 0 Å². The molecule has 0 aliphatic rings. The lowest BCUT2D eigenvalue weighted by Crippen LogP contribution is -2.35. The Morgan fingerprint density at radius 2 is 2.29 bits per heavy atom. The van der Waals surface area contributed by atoms with Gasteiger partial charge in [-0.15, -0.1) is 11.8 Å². The lowest BCUT2D eigenvalue weighted by atomic mass is 10.0.